The summed E-state index contributed by atoms with van der Waals surface area (Å²) >= 11 is 1.67. The van der Waals surface area contributed by atoms with Crippen LogP contribution in [0.3, 0.4) is 0 Å². The van der Waals surface area contributed by atoms with Crippen LogP contribution in [0.5, 0.6) is 0 Å². The Kier molecular flexibility index (Phi) is 6.87. The number of amides is 1. The average molecular weight is 390 g/mol. The molecule has 146 valence electrons. The fraction of sp³-hybridized carbons (Fsp3) is 0.526. The van der Waals surface area contributed by atoms with Gasteiger partial charge in [-0.1, -0.05) is 25.1 Å². The van der Waals surface area contributed by atoms with Crippen LogP contribution in [0.25, 0.3) is 0 Å². The molecular weight excluding hydrogens is 362 g/mol. The Morgan fingerprint density at radius 1 is 1.26 bits per heavy atom. The summed E-state index contributed by atoms with van der Waals surface area (Å²) in [4.78, 5) is 22.4. The summed E-state index contributed by atoms with van der Waals surface area (Å²) in [7, 11) is 0. The summed E-state index contributed by atoms with van der Waals surface area (Å²) in [5, 5.41) is 7.00. The molecule has 1 aromatic heterocycles. The summed E-state index contributed by atoms with van der Waals surface area (Å²) in [6.45, 7) is 8.65. The number of carbonyl (C=O) groups excluding carboxylic acids is 1. The van der Waals surface area contributed by atoms with E-state index >= 15 is 0 Å². The van der Waals surface area contributed by atoms with E-state index in [9.17, 15) is 4.79 Å². The van der Waals surface area contributed by atoms with Crippen LogP contribution in [0.2, 0.25) is 0 Å². The molecule has 1 amide bonds. The van der Waals surface area contributed by atoms with E-state index in [-0.39, 0.29) is 11.8 Å². The Bertz CT molecular complexity index is 756. The number of nitrogens with zero attached hydrogens (tertiary/aromatic N) is 4. The number of nitrogens with one attached hydrogen (secondary N) is 1. The van der Waals surface area contributed by atoms with Gasteiger partial charge in [0.25, 0.3) is 0 Å². The molecule has 2 heterocycles. The van der Waals surface area contributed by atoms with Crippen molar-refractivity contribution in [1.29, 1.82) is 0 Å². The smallest absolute Gasteiger partial charge is 0.240 e. The molecule has 1 saturated heterocycles. The van der Waals surface area contributed by atoms with Gasteiger partial charge in [0.15, 0.2) is 5.82 Å². The molecule has 3 rings (SSSR count). The Hall–Kier alpha value is -1.90. The van der Waals surface area contributed by atoms with Crippen LogP contribution in [0, 0.1) is 0 Å². The molecule has 0 spiro atoms. The van der Waals surface area contributed by atoms with Gasteiger partial charge in [-0.15, -0.1) is 11.8 Å². The van der Waals surface area contributed by atoms with Gasteiger partial charge in [0.05, 0.1) is 13.1 Å². The van der Waals surface area contributed by atoms with Gasteiger partial charge in [-0.25, -0.2) is 0 Å². The number of carbonyl (C=O) groups is 1. The first-order valence-electron chi connectivity index (χ1n) is 9.24. The monoisotopic (exact) mass is 389 g/mol. The molecule has 2 aromatic rings. The van der Waals surface area contributed by atoms with Crippen LogP contribution < -0.4 is 5.32 Å². The minimum atomic E-state index is 0.0279. The quantitative estimate of drug-likeness (QED) is 0.730. The summed E-state index contributed by atoms with van der Waals surface area (Å²) < 4.78 is 5.32. The molecule has 0 atom stereocenters. The third-order valence-electron chi connectivity index (χ3n) is 4.54. The van der Waals surface area contributed by atoms with Crippen LogP contribution >= 0.6 is 11.8 Å². The molecule has 1 aliphatic rings. The van der Waals surface area contributed by atoms with Crippen LogP contribution in [0.4, 0.5) is 5.69 Å². The van der Waals surface area contributed by atoms with Gasteiger partial charge in [0.2, 0.25) is 11.8 Å². The summed E-state index contributed by atoms with van der Waals surface area (Å²) in [6, 6.07) is 7.91. The summed E-state index contributed by atoms with van der Waals surface area (Å²) in [5.74, 6) is 1.72. The zero-order chi connectivity index (χ0) is 19.2. The van der Waals surface area contributed by atoms with E-state index in [0.29, 0.717) is 19.0 Å². The van der Waals surface area contributed by atoms with Crippen LogP contribution in [0.15, 0.2) is 33.7 Å². The highest BCUT2D eigenvalue weighted by molar-refractivity contribution is 7.98. The second-order valence-corrected chi connectivity index (χ2v) is 7.91. The number of thioether (sulfide) groups is 1. The number of aromatic nitrogens is 2. The summed E-state index contributed by atoms with van der Waals surface area (Å²) in [5.41, 5.74) is 0.850. The zero-order valence-electron chi connectivity index (χ0n) is 16.1. The van der Waals surface area contributed by atoms with Crippen molar-refractivity contribution in [3.63, 3.8) is 0 Å². The Morgan fingerprint density at radius 3 is 2.67 bits per heavy atom. The molecule has 0 saturated carbocycles. The molecular formula is C19H27N5O2S. The van der Waals surface area contributed by atoms with Crippen molar-refractivity contribution in [2.45, 2.75) is 31.2 Å². The second kappa shape index (κ2) is 9.34. The second-order valence-electron chi connectivity index (χ2n) is 7.03. The van der Waals surface area contributed by atoms with E-state index in [1.807, 2.05) is 30.5 Å². The van der Waals surface area contributed by atoms with Crippen molar-refractivity contribution < 1.29 is 9.32 Å². The van der Waals surface area contributed by atoms with E-state index < -0.39 is 0 Å². The lowest BCUT2D eigenvalue weighted by molar-refractivity contribution is -0.117. The zero-order valence-corrected chi connectivity index (χ0v) is 17.0. The molecule has 7 nitrogen and oxygen atoms in total. The predicted molar refractivity (Wildman–Crippen MR) is 107 cm³/mol. The highest BCUT2D eigenvalue weighted by atomic mass is 32.2. The van der Waals surface area contributed by atoms with E-state index in [2.05, 4.69) is 39.1 Å². The van der Waals surface area contributed by atoms with Crippen molar-refractivity contribution in [2.75, 3.05) is 44.3 Å². The van der Waals surface area contributed by atoms with E-state index in [4.69, 9.17) is 4.52 Å². The molecule has 1 aliphatic heterocycles. The van der Waals surface area contributed by atoms with Gasteiger partial charge in [0, 0.05) is 42.7 Å². The SMILES string of the molecule is CSc1cccc(NC(=O)CN2CCN(Cc3nc(C(C)C)no3)CC2)c1. The largest absolute Gasteiger partial charge is 0.338 e. The predicted octanol–water partition coefficient (Wildman–Crippen LogP) is 2.67. The van der Waals surface area contributed by atoms with E-state index in [1.165, 1.54) is 0 Å². The van der Waals surface area contributed by atoms with Gasteiger partial charge in [-0.2, -0.15) is 4.98 Å². The van der Waals surface area contributed by atoms with Crippen LogP contribution in [0.1, 0.15) is 31.5 Å². The lowest BCUT2D eigenvalue weighted by atomic mass is 10.2. The Labute approximate surface area is 164 Å². The molecule has 0 aliphatic carbocycles. The van der Waals surface area contributed by atoms with Gasteiger partial charge in [0.1, 0.15) is 0 Å². The van der Waals surface area contributed by atoms with Crippen molar-refractivity contribution in [3.05, 3.63) is 36.0 Å². The first kappa shape index (κ1) is 19.9. The molecule has 1 N–H and O–H groups in total. The number of rotatable bonds is 7. The first-order valence-corrected chi connectivity index (χ1v) is 10.5. The van der Waals surface area contributed by atoms with Gasteiger partial charge >= 0.3 is 0 Å². The molecule has 0 radical (unpaired) electrons. The number of hydrogen-bond acceptors (Lipinski definition) is 7. The highest BCUT2D eigenvalue weighted by Gasteiger charge is 2.21. The molecule has 0 unspecified atom stereocenters. The molecule has 27 heavy (non-hydrogen) atoms. The van der Waals surface area contributed by atoms with E-state index in [0.717, 1.165) is 42.6 Å². The number of benzene rings is 1. The third kappa shape index (κ3) is 5.79. The lowest BCUT2D eigenvalue weighted by Crippen LogP contribution is -2.48. The normalized spacial score (nSPS) is 16.0. The minimum Gasteiger partial charge on any atom is -0.338 e. The van der Waals surface area contributed by atoms with Crippen LogP contribution in [-0.4, -0.2) is 64.8 Å². The van der Waals surface area contributed by atoms with Crippen molar-refractivity contribution in [3.8, 4) is 0 Å². The maximum Gasteiger partial charge on any atom is 0.240 e. The minimum absolute atomic E-state index is 0.0279. The molecule has 0 bridgehead atoms. The molecule has 8 heteroatoms. The fourth-order valence-corrected chi connectivity index (χ4v) is 3.43. The van der Waals surface area contributed by atoms with Gasteiger partial charge in [-0.05, 0) is 24.5 Å². The number of anilines is 1. The van der Waals surface area contributed by atoms with E-state index in [1.54, 1.807) is 11.8 Å². The standard InChI is InChI=1S/C19H27N5O2S/c1-14(2)19-21-18(26-22-19)13-24-9-7-23(8-10-24)12-17(25)20-15-5-4-6-16(11-15)27-3/h4-6,11,14H,7-10,12-13H2,1-3H3,(H,20,25). The van der Waals surface area contributed by atoms with Crippen molar-refractivity contribution in [1.82, 2.24) is 19.9 Å². The van der Waals surface area contributed by atoms with Gasteiger partial charge in [-0.3, -0.25) is 14.6 Å². The van der Waals surface area contributed by atoms with Crippen molar-refractivity contribution in [2.24, 2.45) is 0 Å². The number of hydrogen-bond donors (Lipinski definition) is 1. The van der Waals surface area contributed by atoms with Gasteiger partial charge < -0.3 is 9.84 Å². The fourth-order valence-electron chi connectivity index (χ4n) is 2.97. The maximum atomic E-state index is 12.3. The molecule has 1 fully saturated rings. The Balaban J connectivity index is 1.42. The average Bonchev–Trinajstić information content (AvgIpc) is 3.12. The lowest BCUT2D eigenvalue weighted by Gasteiger charge is -2.33. The topological polar surface area (TPSA) is 74.5 Å². The van der Waals surface area contributed by atoms with Crippen LogP contribution in [-0.2, 0) is 11.3 Å². The number of piperazine rings is 1. The highest BCUT2D eigenvalue weighted by Crippen LogP contribution is 2.19. The third-order valence-corrected chi connectivity index (χ3v) is 5.27. The first-order chi connectivity index (χ1) is 13.0. The summed E-state index contributed by atoms with van der Waals surface area (Å²) in [6.07, 6.45) is 2.03. The Morgan fingerprint density at radius 2 is 2.00 bits per heavy atom. The maximum absolute atomic E-state index is 12.3. The molecule has 1 aromatic carbocycles. The van der Waals surface area contributed by atoms with Crippen molar-refractivity contribution >= 4 is 23.4 Å².